The Morgan fingerprint density at radius 2 is 1.78 bits per heavy atom. The van der Waals surface area contributed by atoms with Crippen LogP contribution in [0.5, 0.6) is 0 Å². The van der Waals surface area contributed by atoms with E-state index < -0.39 is 36.3 Å². The maximum Gasteiger partial charge on any atom is 0.453 e. The predicted octanol–water partition coefficient (Wildman–Crippen LogP) is 4.18. The number of aryl methyl sites for hydroxylation is 1. The average Bonchev–Trinajstić information content (AvgIpc) is 3.33. The minimum Gasteiger partial charge on any atom is -0.383 e. The molecule has 1 atom stereocenters. The van der Waals surface area contributed by atoms with Crippen LogP contribution >= 0.6 is 0 Å². The highest BCUT2D eigenvalue weighted by atomic mass is 19.4. The molecule has 3 aromatic heterocycles. The maximum absolute atomic E-state index is 13.6. The minimum atomic E-state index is -5.67. The topological polar surface area (TPSA) is 112 Å². The number of hydrogen-bond donors (Lipinski definition) is 2. The van der Waals surface area contributed by atoms with Crippen LogP contribution in [-0.2, 0) is 16.6 Å². The molecule has 1 amide bonds. The van der Waals surface area contributed by atoms with Crippen LogP contribution in [0.2, 0.25) is 0 Å². The Kier molecular flexibility index (Phi) is 5.19. The summed E-state index contributed by atoms with van der Waals surface area (Å²) < 4.78 is 66.3. The van der Waals surface area contributed by atoms with E-state index in [1.54, 1.807) is 49.4 Å². The van der Waals surface area contributed by atoms with E-state index in [4.69, 9.17) is 5.73 Å². The van der Waals surface area contributed by atoms with Crippen LogP contribution in [0, 0.1) is 0 Å². The lowest BCUT2D eigenvalue weighted by Gasteiger charge is -2.22. The van der Waals surface area contributed by atoms with Gasteiger partial charge in [0.1, 0.15) is 17.1 Å². The van der Waals surface area contributed by atoms with E-state index in [1.807, 2.05) is 0 Å². The molecule has 4 heterocycles. The Bertz CT molecular complexity index is 1490. The van der Waals surface area contributed by atoms with Gasteiger partial charge in [0, 0.05) is 18.0 Å². The van der Waals surface area contributed by atoms with Gasteiger partial charge in [-0.2, -0.15) is 41.7 Å². The fraction of sp³-hybridized carbons (Fsp3) is 0.261. The van der Waals surface area contributed by atoms with Crippen molar-refractivity contribution >= 4 is 28.4 Å². The van der Waals surface area contributed by atoms with Crippen molar-refractivity contribution in [2.45, 2.75) is 37.3 Å². The lowest BCUT2D eigenvalue weighted by Crippen LogP contribution is -2.36. The van der Waals surface area contributed by atoms with Gasteiger partial charge >= 0.3 is 12.1 Å². The largest absolute Gasteiger partial charge is 0.453 e. The van der Waals surface area contributed by atoms with Gasteiger partial charge in [-0.25, -0.2) is 0 Å². The number of alkyl halides is 5. The lowest BCUT2D eigenvalue weighted by molar-refractivity contribution is -0.284. The molecule has 0 saturated carbocycles. The molecular formula is C23H18F5N7O. The van der Waals surface area contributed by atoms with Crippen molar-refractivity contribution in [3.05, 3.63) is 65.6 Å². The first kappa shape index (κ1) is 23.6. The molecule has 8 nitrogen and oxygen atoms in total. The predicted molar refractivity (Wildman–Crippen MR) is 120 cm³/mol. The van der Waals surface area contributed by atoms with E-state index in [0.29, 0.717) is 22.2 Å². The summed E-state index contributed by atoms with van der Waals surface area (Å²) in [5.74, 6) is -5.28. The second kappa shape index (κ2) is 7.93. The Balaban J connectivity index is 1.58. The van der Waals surface area contributed by atoms with Crippen LogP contribution < -0.4 is 11.1 Å². The molecule has 4 aromatic rings. The first-order chi connectivity index (χ1) is 16.9. The minimum absolute atomic E-state index is 0.0135. The maximum atomic E-state index is 13.6. The number of nitrogen functional groups attached to an aromatic ring is 1. The Morgan fingerprint density at radius 3 is 2.47 bits per heavy atom. The number of hydrogen-bond acceptors (Lipinski definition) is 6. The number of benzene rings is 1. The molecule has 0 radical (unpaired) electrons. The number of para-hydroxylation sites is 1. The Morgan fingerprint density at radius 1 is 1.06 bits per heavy atom. The standard InChI is InChI=1S/C23H18F5N7O/c1-21(15-8-4-5-11-30-15)16-17(29)31-20(33-18(16)32-19(21)36)35-14-7-3-2-6-12(14)13(34-35)9-10-22(24,25)23(26,27)28/h2-8,11H,9-10H2,1H3,(H3,29,31,32,33,36). The molecule has 1 unspecified atom stereocenters. The number of nitrogens with zero attached hydrogens (tertiary/aromatic N) is 5. The average molecular weight is 503 g/mol. The first-order valence-electron chi connectivity index (χ1n) is 10.8. The smallest absolute Gasteiger partial charge is 0.383 e. The zero-order valence-electron chi connectivity index (χ0n) is 18.6. The van der Waals surface area contributed by atoms with Gasteiger partial charge in [0.2, 0.25) is 5.91 Å². The van der Waals surface area contributed by atoms with Crippen molar-refractivity contribution in [1.82, 2.24) is 24.7 Å². The number of anilines is 2. The highest BCUT2D eigenvalue weighted by Gasteiger charge is 2.56. The monoisotopic (exact) mass is 503 g/mol. The highest BCUT2D eigenvalue weighted by molar-refractivity contribution is 6.08. The number of aromatic nitrogens is 5. The summed E-state index contributed by atoms with van der Waals surface area (Å²) in [5, 5.41) is 7.28. The van der Waals surface area contributed by atoms with Crippen LogP contribution in [0.1, 0.15) is 30.3 Å². The Labute approximate surface area is 200 Å². The van der Waals surface area contributed by atoms with E-state index in [1.165, 1.54) is 10.9 Å². The fourth-order valence-corrected chi connectivity index (χ4v) is 4.28. The second-order valence-corrected chi connectivity index (χ2v) is 8.50. The number of nitrogens with two attached hydrogens (primary N) is 1. The number of nitrogens with one attached hydrogen (secondary N) is 1. The van der Waals surface area contributed by atoms with Gasteiger partial charge in [-0.05, 0) is 31.5 Å². The molecule has 186 valence electrons. The Hall–Kier alpha value is -4.16. The molecule has 0 aliphatic carbocycles. The van der Waals surface area contributed by atoms with Crippen molar-refractivity contribution < 1.29 is 26.7 Å². The highest BCUT2D eigenvalue weighted by Crippen LogP contribution is 2.44. The molecular weight excluding hydrogens is 485 g/mol. The van der Waals surface area contributed by atoms with Gasteiger partial charge in [0.15, 0.2) is 0 Å². The number of carbonyl (C=O) groups is 1. The summed E-state index contributed by atoms with van der Waals surface area (Å²) in [4.78, 5) is 25.9. The van der Waals surface area contributed by atoms with Gasteiger partial charge in [0.05, 0.1) is 22.5 Å². The zero-order chi connectivity index (χ0) is 25.9. The summed E-state index contributed by atoms with van der Waals surface area (Å²) in [6.45, 7) is 1.64. The molecule has 0 saturated heterocycles. The molecule has 1 aromatic carbocycles. The summed E-state index contributed by atoms with van der Waals surface area (Å²) in [5.41, 5.74) is 6.14. The molecule has 0 bridgehead atoms. The SMILES string of the molecule is CC1(c2ccccn2)C(=O)Nc2nc(-n3nc(CCC(F)(F)C(F)(F)F)c4ccccc43)nc(N)c21. The van der Waals surface area contributed by atoms with E-state index in [0.717, 1.165) is 0 Å². The number of rotatable bonds is 5. The van der Waals surface area contributed by atoms with Crippen LogP contribution in [0.25, 0.3) is 16.9 Å². The van der Waals surface area contributed by atoms with Crippen molar-refractivity contribution in [3.63, 3.8) is 0 Å². The molecule has 36 heavy (non-hydrogen) atoms. The van der Waals surface area contributed by atoms with E-state index in [-0.39, 0.29) is 23.3 Å². The van der Waals surface area contributed by atoms with Crippen LogP contribution in [-0.4, -0.2) is 42.7 Å². The summed E-state index contributed by atoms with van der Waals surface area (Å²) in [6.07, 6.45) is -6.24. The molecule has 3 N–H and O–H groups in total. The second-order valence-electron chi connectivity index (χ2n) is 8.50. The van der Waals surface area contributed by atoms with Crippen LogP contribution in [0.3, 0.4) is 0 Å². The third kappa shape index (κ3) is 3.53. The summed E-state index contributed by atoms with van der Waals surface area (Å²) >= 11 is 0. The number of halogens is 5. The van der Waals surface area contributed by atoms with Crippen molar-refractivity contribution in [3.8, 4) is 5.95 Å². The summed E-state index contributed by atoms with van der Waals surface area (Å²) in [6, 6.07) is 11.5. The normalized spacial score (nSPS) is 17.9. The van der Waals surface area contributed by atoms with Crippen LogP contribution in [0.15, 0.2) is 48.7 Å². The van der Waals surface area contributed by atoms with Crippen molar-refractivity contribution in [1.29, 1.82) is 0 Å². The van der Waals surface area contributed by atoms with Crippen molar-refractivity contribution in [2.24, 2.45) is 0 Å². The third-order valence-corrected chi connectivity index (χ3v) is 6.23. The third-order valence-electron chi connectivity index (χ3n) is 6.23. The van der Waals surface area contributed by atoms with E-state index in [2.05, 4.69) is 25.4 Å². The number of amides is 1. The lowest BCUT2D eigenvalue weighted by atomic mass is 9.81. The number of pyridine rings is 1. The molecule has 13 heteroatoms. The molecule has 0 spiro atoms. The van der Waals surface area contributed by atoms with E-state index in [9.17, 15) is 26.7 Å². The van der Waals surface area contributed by atoms with Gasteiger partial charge < -0.3 is 11.1 Å². The number of fused-ring (bicyclic) bond motifs is 2. The fourth-order valence-electron chi connectivity index (χ4n) is 4.28. The molecule has 1 aliphatic rings. The summed E-state index contributed by atoms with van der Waals surface area (Å²) in [7, 11) is 0. The van der Waals surface area contributed by atoms with Crippen molar-refractivity contribution in [2.75, 3.05) is 11.1 Å². The zero-order valence-corrected chi connectivity index (χ0v) is 18.6. The quantitative estimate of drug-likeness (QED) is 0.395. The van der Waals surface area contributed by atoms with Crippen LogP contribution in [0.4, 0.5) is 33.6 Å². The van der Waals surface area contributed by atoms with Gasteiger partial charge in [-0.3, -0.25) is 9.78 Å². The first-order valence-corrected chi connectivity index (χ1v) is 10.8. The number of carbonyl (C=O) groups excluding carboxylic acids is 1. The van der Waals surface area contributed by atoms with Gasteiger partial charge in [-0.15, -0.1) is 0 Å². The van der Waals surface area contributed by atoms with Gasteiger partial charge in [-0.1, -0.05) is 24.3 Å². The molecule has 1 aliphatic heterocycles. The van der Waals surface area contributed by atoms with Gasteiger partial charge in [0.25, 0.3) is 5.95 Å². The van der Waals surface area contributed by atoms with E-state index >= 15 is 0 Å². The molecule has 5 rings (SSSR count). The molecule has 0 fully saturated rings.